The van der Waals surface area contributed by atoms with Crippen LogP contribution in [0.4, 0.5) is 0 Å². The Hall–Kier alpha value is -1.33. The number of hydrogen-bond donors (Lipinski definition) is 0. The molecule has 3 rings (SSSR count). The summed E-state index contributed by atoms with van der Waals surface area (Å²) < 4.78 is 5.66. The number of aromatic nitrogens is 2. The first-order chi connectivity index (χ1) is 8.34. The summed E-state index contributed by atoms with van der Waals surface area (Å²) in [4.78, 5) is 22.2. The van der Waals surface area contributed by atoms with Crippen LogP contribution in [0.15, 0.2) is 18.7 Å². The first-order valence-electron chi connectivity index (χ1n) is 5.99. The quantitative estimate of drug-likeness (QED) is 0.697. The molecule has 0 aromatic carbocycles. The van der Waals surface area contributed by atoms with E-state index in [1.807, 2.05) is 0 Å². The summed E-state index contributed by atoms with van der Waals surface area (Å²) in [6, 6.07) is 0.520. The van der Waals surface area contributed by atoms with Crippen LogP contribution in [0.1, 0.15) is 23.2 Å². The van der Waals surface area contributed by atoms with Gasteiger partial charge in [0.15, 0.2) is 5.78 Å². The number of hydrogen-bond acceptors (Lipinski definition) is 5. The van der Waals surface area contributed by atoms with Gasteiger partial charge in [0.25, 0.3) is 0 Å². The molecule has 0 aliphatic carbocycles. The van der Waals surface area contributed by atoms with Crippen LogP contribution in [-0.2, 0) is 4.74 Å². The van der Waals surface area contributed by atoms with E-state index in [4.69, 9.17) is 4.74 Å². The number of ether oxygens (including phenoxy) is 1. The van der Waals surface area contributed by atoms with Crippen molar-refractivity contribution >= 4 is 5.78 Å². The number of nitrogens with zero attached hydrogens (tertiary/aromatic N) is 3. The van der Waals surface area contributed by atoms with Gasteiger partial charge < -0.3 is 4.74 Å². The minimum absolute atomic E-state index is 0.00375. The lowest BCUT2D eigenvalue weighted by molar-refractivity contribution is -0.0344. The summed E-state index contributed by atoms with van der Waals surface area (Å²) in [5, 5.41) is 0. The maximum absolute atomic E-state index is 12.2. The van der Waals surface area contributed by atoms with Crippen molar-refractivity contribution in [2.24, 2.45) is 0 Å². The molecule has 2 atom stereocenters. The van der Waals surface area contributed by atoms with Gasteiger partial charge in [0.2, 0.25) is 0 Å². The molecule has 2 aliphatic heterocycles. The van der Waals surface area contributed by atoms with Gasteiger partial charge in [-0.1, -0.05) is 0 Å². The Bertz CT molecular complexity index is 409. The number of ketones is 1. The van der Waals surface area contributed by atoms with Crippen molar-refractivity contribution in [2.75, 3.05) is 19.7 Å². The Morgan fingerprint density at radius 3 is 3.06 bits per heavy atom. The summed E-state index contributed by atoms with van der Waals surface area (Å²) in [6.45, 7) is 2.46. The zero-order valence-electron chi connectivity index (χ0n) is 9.58. The Morgan fingerprint density at radius 2 is 2.24 bits per heavy atom. The van der Waals surface area contributed by atoms with Gasteiger partial charge in [-0.3, -0.25) is 9.69 Å². The lowest BCUT2D eigenvalue weighted by atomic mass is 10.1. The highest BCUT2D eigenvalue weighted by Crippen LogP contribution is 2.23. The Balaban J connectivity index is 1.71. The number of rotatable bonds is 2. The van der Waals surface area contributed by atoms with Crippen molar-refractivity contribution in [3.8, 4) is 0 Å². The summed E-state index contributed by atoms with van der Waals surface area (Å²) in [5.74, 6) is -0.00375. The first kappa shape index (κ1) is 10.8. The summed E-state index contributed by atoms with van der Waals surface area (Å²) in [7, 11) is 0. The van der Waals surface area contributed by atoms with Crippen molar-refractivity contribution in [3.63, 3.8) is 0 Å². The van der Waals surface area contributed by atoms with Gasteiger partial charge in [0.05, 0.1) is 12.2 Å². The average molecular weight is 233 g/mol. The van der Waals surface area contributed by atoms with Crippen LogP contribution in [0, 0.1) is 0 Å². The second kappa shape index (κ2) is 4.50. The highest BCUT2D eigenvalue weighted by molar-refractivity contribution is 5.99. The van der Waals surface area contributed by atoms with Crippen LogP contribution >= 0.6 is 0 Å². The van der Waals surface area contributed by atoms with Crippen molar-refractivity contribution < 1.29 is 9.53 Å². The highest BCUT2D eigenvalue weighted by Gasteiger charge is 2.35. The fraction of sp³-hybridized carbons (Fsp3) is 0.583. The molecule has 2 saturated heterocycles. The normalized spacial score (nSPS) is 28.9. The molecule has 5 heteroatoms. The van der Waals surface area contributed by atoms with Gasteiger partial charge in [-0.05, 0) is 19.4 Å². The Kier molecular flexibility index (Phi) is 2.86. The number of fused-ring (bicyclic) bond motifs is 1. The van der Waals surface area contributed by atoms with Gasteiger partial charge in [-0.2, -0.15) is 0 Å². The topological polar surface area (TPSA) is 55.3 Å². The van der Waals surface area contributed by atoms with E-state index in [9.17, 15) is 4.79 Å². The van der Waals surface area contributed by atoms with Crippen LogP contribution < -0.4 is 0 Å². The van der Waals surface area contributed by atoms with E-state index in [-0.39, 0.29) is 11.9 Å². The molecular formula is C12H15N3O2. The standard InChI is InChI=1S/C12H15N3O2/c16-12(9-4-13-8-14-5-9)11-6-15-3-1-2-10(15)7-17-11/h4-5,8,10-11H,1-3,6-7H2. The molecule has 0 amide bonds. The minimum atomic E-state index is -0.352. The molecular weight excluding hydrogens is 218 g/mol. The zero-order chi connectivity index (χ0) is 11.7. The van der Waals surface area contributed by atoms with E-state index in [1.165, 1.54) is 19.2 Å². The summed E-state index contributed by atoms with van der Waals surface area (Å²) >= 11 is 0. The number of carbonyl (C=O) groups is 1. The molecule has 0 radical (unpaired) electrons. The van der Waals surface area contributed by atoms with E-state index < -0.39 is 0 Å². The predicted octanol–water partition coefficient (Wildman–Crippen LogP) is 0.522. The van der Waals surface area contributed by atoms with Gasteiger partial charge in [-0.25, -0.2) is 9.97 Å². The average Bonchev–Trinajstić information content (AvgIpc) is 2.86. The van der Waals surface area contributed by atoms with Crippen LogP contribution in [0.25, 0.3) is 0 Å². The fourth-order valence-corrected chi connectivity index (χ4v) is 2.59. The predicted molar refractivity (Wildman–Crippen MR) is 60.7 cm³/mol. The Morgan fingerprint density at radius 1 is 1.41 bits per heavy atom. The third-order valence-corrected chi connectivity index (χ3v) is 3.53. The molecule has 0 N–H and O–H groups in total. The van der Waals surface area contributed by atoms with Gasteiger partial charge in [0.1, 0.15) is 12.4 Å². The van der Waals surface area contributed by atoms with Crippen molar-refractivity contribution in [2.45, 2.75) is 25.0 Å². The van der Waals surface area contributed by atoms with Crippen LogP contribution in [0.3, 0.4) is 0 Å². The number of carbonyl (C=O) groups excluding carboxylic acids is 1. The van der Waals surface area contributed by atoms with Gasteiger partial charge in [0, 0.05) is 25.0 Å². The molecule has 2 unspecified atom stereocenters. The first-order valence-corrected chi connectivity index (χ1v) is 5.99. The highest BCUT2D eigenvalue weighted by atomic mass is 16.5. The monoisotopic (exact) mass is 233 g/mol. The minimum Gasteiger partial charge on any atom is -0.367 e. The molecule has 0 spiro atoms. The van der Waals surface area contributed by atoms with E-state index in [0.717, 1.165) is 6.54 Å². The fourth-order valence-electron chi connectivity index (χ4n) is 2.59. The molecule has 5 nitrogen and oxygen atoms in total. The molecule has 0 bridgehead atoms. The maximum Gasteiger partial charge on any atom is 0.195 e. The summed E-state index contributed by atoms with van der Waals surface area (Å²) in [5.41, 5.74) is 0.537. The SMILES string of the molecule is O=C(c1cncnc1)C1CN2CCCC2CO1. The Labute approximate surface area is 99.8 Å². The molecule has 90 valence electrons. The smallest absolute Gasteiger partial charge is 0.195 e. The number of morpholine rings is 1. The van der Waals surface area contributed by atoms with Gasteiger partial charge in [-0.15, -0.1) is 0 Å². The molecule has 3 heterocycles. The lowest BCUT2D eigenvalue weighted by Gasteiger charge is -2.34. The van der Waals surface area contributed by atoms with Crippen molar-refractivity contribution in [3.05, 3.63) is 24.3 Å². The molecule has 1 aromatic rings. The summed E-state index contributed by atoms with van der Waals surface area (Å²) in [6.07, 6.45) is 6.58. The lowest BCUT2D eigenvalue weighted by Crippen LogP contribution is -2.49. The molecule has 1 aromatic heterocycles. The van der Waals surface area contributed by atoms with Crippen LogP contribution in [-0.4, -0.2) is 52.5 Å². The number of Topliss-reactive ketones (excluding diaryl/α,β-unsaturated/α-hetero) is 1. The van der Waals surface area contributed by atoms with Crippen molar-refractivity contribution in [1.29, 1.82) is 0 Å². The molecule has 2 fully saturated rings. The second-order valence-electron chi connectivity index (χ2n) is 4.60. The van der Waals surface area contributed by atoms with Crippen LogP contribution in [0.2, 0.25) is 0 Å². The third-order valence-electron chi connectivity index (χ3n) is 3.53. The third kappa shape index (κ3) is 2.08. The van der Waals surface area contributed by atoms with Crippen LogP contribution in [0.5, 0.6) is 0 Å². The molecule has 2 aliphatic rings. The van der Waals surface area contributed by atoms with E-state index in [1.54, 1.807) is 12.4 Å². The second-order valence-corrected chi connectivity index (χ2v) is 4.60. The van der Waals surface area contributed by atoms with E-state index in [2.05, 4.69) is 14.9 Å². The van der Waals surface area contributed by atoms with E-state index in [0.29, 0.717) is 24.8 Å². The van der Waals surface area contributed by atoms with E-state index >= 15 is 0 Å². The zero-order valence-corrected chi connectivity index (χ0v) is 9.58. The van der Waals surface area contributed by atoms with Gasteiger partial charge >= 0.3 is 0 Å². The van der Waals surface area contributed by atoms with Crippen molar-refractivity contribution in [1.82, 2.24) is 14.9 Å². The molecule has 0 saturated carbocycles. The maximum atomic E-state index is 12.2. The molecule has 17 heavy (non-hydrogen) atoms. The largest absolute Gasteiger partial charge is 0.367 e.